The SMILES string of the molecule is CN(C)C1(CNc2nc3ccccc3[nH]2)CCC1. The van der Waals surface area contributed by atoms with Crippen molar-refractivity contribution in [2.45, 2.75) is 24.8 Å². The molecule has 96 valence electrons. The number of nitrogens with one attached hydrogen (secondary N) is 2. The van der Waals surface area contributed by atoms with Crippen LogP contribution < -0.4 is 5.32 Å². The molecule has 0 amide bonds. The zero-order valence-electron chi connectivity index (χ0n) is 11.0. The number of aromatic amines is 1. The van der Waals surface area contributed by atoms with Crippen LogP contribution >= 0.6 is 0 Å². The number of hydrogen-bond donors (Lipinski definition) is 2. The summed E-state index contributed by atoms with van der Waals surface area (Å²) >= 11 is 0. The van der Waals surface area contributed by atoms with Crippen LogP contribution in [0.4, 0.5) is 5.95 Å². The summed E-state index contributed by atoms with van der Waals surface area (Å²) in [6.45, 7) is 0.958. The van der Waals surface area contributed by atoms with E-state index in [1.165, 1.54) is 19.3 Å². The quantitative estimate of drug-likeness (QED) is 0.868. The van der Waals surface area contributed by atoms with E-state index in [-0.39, 0.29) is 0 Å². The van der Waals surface area contributed by atoms with Gasteiger partial charge < -0.3 is 15.2 Å². The van der Waals surface area contributed by atoms with Crippen molar-refractivity contribution in [1.82, 2.24) is 14.9 Å². The van der Waals surface area contributed by atoms with Crippen molar-refractivity contribution in [2.24, 2.45) is 0 Å². The van der Waals surface area contributed by atoms with Crippen LogP contribution in [0.25, 0.3) is 11.0 Å². The van der Waals surface area contributed by atoms with Gasteiger partial charge in [0.25, 0.3) is 0 Å². The number of likely N-dealkylation sites (N-methyl/N-ethyl adjacent to an activating group) is 1. The maximum Gasteiger partial charge on any atom is 0.201 e. The molecule has 0 radical (unpaired) electrons. The maximum absolute atomic E-state index is 4.55. The third kappa shape index (κ3) is 1.86. The molecule has 4 heteroatoms. The highest BCUT2D eigenvalue weighted by Gasteiger charge is 2.38. The summed E-state index contributed by atoms with van der Waals surface area (Å²) in [7, 11) is 4.33. The zero-order valence-corrected chi connectivity index (χ0v) is 11.0. The molecule has 0 aliphatic heterocycles. The number of para-hydroxylation sites is 2. The van der Waals surface area contributed by atoms with Crippen molar-refractivity contribution >= 4 is 17.0 Å². The molecular weight excluding hydrogens is 224 g/mol. The van der Waals surface area contributed by atoms with Gasteiger partial charge in [-0.2, -0.15) is 0 Å². The normalized spacial score (nSPS) is 17.9. The van der Waals surface area contributed by atoms with E-state index in [1.807, 2.05) is 18.2 Å². The van der Waals surface area contributed by atoms with Crippen molar-refractivity contribution in [3.63, 3.8) is 0 Å². The Kier molecular flexibility index (Phi) is 2.74. The topological polar surface area (TPSA) is 44.0 Å². The van der Waals surface area contributed by atoms with Crippen LogP contribution in [-0.2, 0) is 0 Å². The standard InChI is InChI=1S/C14H20N4/c1-18(2)14(8-5-9-14)10-15-13-16-11-6-3-4-7-12(11)17-13/h3-4,6-7H,5,8-10H2,1-2H3,(H2,15,16,17). The Bertz CT molecular complexity index is 506. The molecule has 1 aromatic heterocycles. The molecule has 2 N–H and O–H groups in total. The minimum atomic E-state index is 0.318. The fraction of sp³-hybridized carbons (Fsp3) is 0.500. The highest BCUT2D eigenvalue weighted by atomic mass is 15.2. The van der Waals surface area contributed by atoms with Crippen LogP contribution in [0.2, 0.25) is 0 Å². The number of fused-ring (bicyclic) bond motifs is 1. The molecule has 1 saturated carbocycles. The number of imidazole rings is 1. The van der Waals surface area contributed by atoms with Gasteiger partial charge >= 0.3 is 0 Å². The largest absolute Gasteiger partial charge is 0.354 e. The molecule has 0 atom stereocenters. The first-order chi connectivity index (χ1) is 8.70. The first-order valence-corrected chi connectivity index (χ1v) is 6.56. The van der Waals surface area contributed by atoms with E-state index in [9.17, 15) is 0 Å². The smallest absolute Gasteiger partial charge is 0.201 e. The molecule has 18 heavy (non-hydrogen) atoms. The van der Waals surface area contributed by atoms with E-state index in [1.54, 1.807) is 0 Å². The van der Waals surface area contributed by atoms with Crippen molar-refractivity contribution < 1.29 is 0 Å². The predicted octanol–water partition coefficient (Wildman–Crippen LogP) is 2.46. The van der Waals surface area contributed by atoms with Crippen LogP contribution in [0.3, 0.4) is 0 Å². The lowest BCUT2D eigenvalue weighted by atomic mass is 9.75. The molecule has 0 saturated heterocycles. The maximum atomic E-state index is 4.55. The van der Waals surface area contributed by atoms with E-state index in [0.717, 1.165) is 23.5 Å². The summed E-state index contributed by atoms with van der Waals surface area (Å²) < 4.78 is 0. The average molecular weight is 244 g/mol. The zero-order chi connectivity index (χ0) is 12.6. The highest BCUT2D eigenvalue weighted by molar-refractivity contribution is 5.77. The van der Waals surface area contributed by atoms with Crippen LogP contribution in [0, 0.1) is 0 Å². The van der Waals surface area contributed by atoms with Gasteiger partial charge in [-0.3, -0.25) is 0 Å². The Labute approximate surface area is 107 Å². The summed E-state index contributed by atoms with van der Waals surface area (Å²) in [5, 5.41) is 3.45. The third-order valence-electron chi connectivity index (χ3n) is 4.21. The Balaban J connectivity index is 1.73. The first kappa shape index (κ1) is 11.5. The molecule has 1 aliphatic rings. The first-order valence-electron chi connectivity index (χ1n) is 6.56. The lowest BCUT2D eigenvalue weighted by Crippen LogP contribution is -2.54. The second kappa shape index (κ2) is 4.28. The molecule has 1 heterocycles. The number of aromatic nitrogens is 2. The third-order valence-corrected chi connectivity index (χ3v) is 4.21. The molecule has 1 aliphatic carbocycles. The van der Waals surface area contributed by atoms with Crippen LogP contribution in [0.5, 0.6) is 0 Å². The molecule has 1 aromatic carbocycles. The second-order valence-corrected chi connectivity index (χ2v) is 5.43. The molecule has 2 aromatic rings. The van der Waals surface area contributed by atoms with Gasteiger partial charge in [0.2, 0.25) is 5.95 Å². The van der Waals surface area contributed by atoms with Gasteiger partial charge in [0, 0.05) is 12.1 Å². The summed E-state index contributed by atoms with van der Waals surface area (Å²) in [6, 6.07) is 8.12. The van der Waals surface area contributed by atoms with E-state index in [0.29, 0.717) is 5.54 Å². The number of H-pyrrole nitrogens is 1. The number of hydrogen-bond acceptors (Lipinski definition) is 3. The summed E-state index contributed by atoms with van der Waals surface area (Å²) in [5.74, 6) is 0.879. The second-order valence-electron chi connectivity index (χ2n) is 5.43. The Hall–Kier alpha value is -1.55. The molecule has 0 unspecified atom stereocenters. The lowest BCUT2D eigenvalue weighted by molar-refractivity contribution is 0.0737. The van der Waals surface area contributed by atoms with Crippen LogP contribution in [-0.4, -0.2) is 41.0 Å². The summed E-state index contributed by atoms with van der Waals surface area (Å²) in [6.07, 6.45) is 3.88. The van der Waals surface area contributed by atoms with Crippen LogP contribution in [0.15, 0.2) is 24.3 Å². The molecule has 1 fully saturated rings. The van der Waals surface area contributed by atoms with E-state index < -0.39 is 0 Å². The van der Waals surface area contributed by atoms with Crippen LogP contribution in [0.1, 0.15) is 19.3 Å². The summed E-state index contributed by atoms with van der Waals surface area (Å²) in [5.41, 5.74) is 2.43. The monoisotopic (exact) mass is 244 g/mol. The van der Waals surface area contributed by atoms with Gasteiger partial charge in [0.15, 0.2) is 0 Å². The summed E-state index contributed by atoms with van der Waals surface area (Å²) in [4.78, 5) is 10.2. The minimum Gasteiger partial charge on any atom is -0.354 e. The van der Waals surface area contributed by atoms with Crippen molar-refractivity contribution in [1.29, 1.82) is 0 Å². The van der Waals surface area contributed by atoms with Gasteiger partial charge in [-0.25, -0.2) is 4.98 Å². The van der Waals surface area contributed by atoms with Crippen molar-refractivity contribution in [3.05, 3.63) is 24.3 Å². The molecular formula is C14H20N4. The number of anilines is 1. The number of rotatable bonds is 4. The van der Waals surface area contributed by atoms with Gasteiger partial charge in [0.1, 0.15) is 0 Å². The van der Waals surface area contributed by atoms with Gasteiger partial charge in [-0.1, -0.05) is 12.1 Å². The van der Waals surface area contributed by atoms with Gasteiger partial charge in [-0.15, -0.1) is 0 Å². The van der Waals surface area contributed by atoms with E-state index >= 15 is 0 Å². The minimum absolute atomic E-state index is 0.318. The molecule has 0 bridgehead atoms. The highest BCUT2D eigenvalue weighted by Crippen LogP contribution is 2.36. The van der Waals surface area contributed by atoms with Crippen molar-refractivity contribution in [2.75, 3.05) is 26.0 Å². The van der Waals surface area contributed by atoms with E-state index in [4.69, 9.17) is 0 Å². The Morgan fingerprint density at radius 3 is 2.72 bits per heavy atom. The average Bonchev–Trinajstić information content (AvgIpc) is 2.69. The van der Waals surface area contributed by atoms with E-state index in [2.05, 4.69) is 40.3 Å². The Morgan fingerprint density at radius 1 is 1.33 bits per heavy atom. The van der Waals surface area contributed by atoms with Crippen molar-refractivity contribution in [3.8, 4) is 0 Å². The van der Waals surface area contributed by atoms with Gasteiger partial charge in [0.05, 0.1) is 11.0 Å². The Morgan fingerprint density at radius 2 is 2.11 bits per heavy atom. The number of nitrogens with zero attached hydrogens (tertiary/aromatic N) is 2. The fourth-order valence-corrected chi connectivity index (χ4v) is 2.65. The molecule has 3 rings (SSSR count). The van der Waals surface area contributed by atoms with Gasteiger partial charge in [-0.05, 0) is 45.5 Å². The lowest BCUT2D eigenvalue weighted by Gasteiger charge is -2.47. The predicted molar refractivity (Wildman–Crippen MR) is 74.9 cm³/mol. The fourth-order valence-electron chi connectivity index (χ4n) is 2.65. The number of benzene rings is 1. The molecule has 0 spiro atoms. The molecule has 4 nitrogen and oxygen atoms in total.